The standard InChI is InChI=1S/C17H16ClNO3/c18-12-5-3-4-11(8-12)17-13-9-20-14-6-1-2-7-15(14)21-10-16(13)22-19-17/h1-8,13-16H,9-10H2. The van der Waals surface area contributed by atoms with Gasteiger partial charge in [-0.15, -0.1) is 0 Å². The number of oxime groups is 1. The average molecular weight is 318 g/mol. The van der Waals surface area contributed by atoms with Gasteiger partial charge in [-0.2, -0.15) is 0 Å². The number of hydrogen-bond donors (Lipinski definition) is 0. The predicted molar refractivity (Wildman–Crippen MR) is 84.1 cm³/mol. The summed E-state index contributed by atoms with van der Waals surface area (Å²) in [7, 11) is 0. The van der Waals surface area contributed by atoms with Gasteiger partial charge >= 0.3 is 0 Å². The van der Waals surface area contributed by atoms with Gasteiger partial charge in [0.15, 0.2) is 6.10 Å². The highest BCUT2D eigenvalue weighted by molar-refractivity contribution is 6.31. The first-order valence-electron chi connectivity index (χ1n) is 7.39. The van der Waals surface area contributed by atoms with Gasteiger partial charge in [0, 0.05) is 10.6 Å². The first-order valence-corrected chi connectivity index (χ1v) is 7.77. The molecule has 4 atom stereocenters. The van der Waals surface area contributed by atoms with Gasteiger partial charge in [0.05, 0.1) is 24.8 Å². The summed E-state index contributed by atoms with van der Waals surface area (Å²) in [5.74, 6) is 0.0544. The van der Waals surface area contributed by atoms with Crippen LogP contribution in [0, 0.1) is 5.92 Å². The Balaban J connectivity index is 1.56. The van der Waals surface area contributed by atoms with Crippen LogP contribution in [0.1, 0.15) is 5.56 Å². The molecular weight excluding hydrogens is 302 g/mol. The van der Waals surface area contributed by atoms with Crippen LogP contribution in [0.15, 0.2) is 53.7 Å². The second-order valence-electron chi connectivity index (χ2n) is 5.60. The molecule has 0 N–H and O–H groups in total. The Morgan fingerprint density at radius 3 is 2.59 bits per heavy atom. The number of nitrogens with zero attached hydrogens (tertiary/aromatic N) is 1. The van der Waals surface area contributed by atoms with E-state index in [2.05, 4.69) is 5.16 Å². The maximum absolute atomic E-state index is 6.08. The van der Waals surface area contributed by atoms with Crippen molar-refractivity contribution in [2.24, 2.45) is 11.1 Å². The minimum Gasteiger partial charge on any atom is -0.389 e. The molecule has 4 unspecified atom stereocenters. The van der Waals surface area contributed by atoms with Gasteiger partial charge in [0.25, 0.3) is 0 Å². The maximum atomic E-state index is 6.08. The number of hydrogen-bond acceptors (Lipinski definition) is 4. The van der Waals surface area contributed by atoms with Crippen LogP contribution in [0.2, 0.25) is 5.02 Å². The first kappa shape index (κ1) is 14.0. The molecule has 3 aliphatic rings. The molecule has 4 rings (SSSR count). The lowest BCUT2D eigenvalue weighted by Gasteiger charge is -2.31. The van der Waals surface area contributed by atoms with Crippen molar-refractivity contribution in [3.63, 3.8) is 0 Å². The average Bonchev–Trinajstić information content (AvgIpc) is 2.91. The van der Waals surface area contributed by atoms with Crippen LogP contribution in [-0.2, 0) is 14.3 Å². The van der Waals surface area contributed by atoms with E-state index in [1.807, 2.05) is 48.6 Å². The summed E-state index contributed by atoms with van der Waals surface area (Å²) in [6.45, 7) is 1.06. The molecule has 0 amide bonds. The van der Waals surface area contributed by atoms with E-state index >= 15 is 0 Å². The van der Waals surface area contributed by atoms with Crippen LogP contribution in [0.5, 0.6) is 0 Å². The van der Waals surface area contributed by atoms with Crippen molar-refractivity contribution in [1.82, 2.24) is 0 Å². The van der Waals surface area contributed by atoms with Gasteiger partial charge in [-0.05, 0) is 12.1 Å². The fraction of sp³-hybridized carbons (Fsp3) is 0.353. The van der Waals surface area contributed by atoms with E-state index in [0.717, 1.165) is 11.3 Å². The summed E-state index contributed by atoms with van der Waals surface area (Å²) in [5.41, 5.74) is 1.85. The van der Waals surface area contributed by atoms with Gasteiger partial charge in [0.1, 0.15) is 12.2 Å². The minimum atomic E-state index is -0.116. The van der Waals surface area contributed by atoms with Crippen molar-refractivity contribution in [2.45, 2.75) is 18.3 Å². The number of benzene rings is 1. The van der Waals surface area contributed by atoms with E-state index < -0.39 is 0 Å². The molecule has 22 heavy (non-hydrogen) atoms. The summed E-state index contributed by atoms with van der Waals surface area (Å²) >= 11 is 6.08. The van der Waals surface area contributed by atoms with Crippen LogP contribution in [0.4, 0.5) is 0 Å². The Kier molecular flexibility index (Phi) is 3.74. The Labute approximate surface area is 134 Å². The van der Waals surface area contributed by atoms with Crippen LogP contribution < -0.4 is 0 Å². The molecule has 0 saturated carbocycles. The second-order valence-corrected chi connectivity index (χ2v) is 6.04. The zero-order valence-corrected chi connectivity index (χ0v) is 12.6. The highest BCUT2D eigenvalue weighted by Gasteiger charge is 2.39. The van der Waals surface area contributed by atoms with Gasteiger partial charge in [0.2, 0.25) is 0 Å². The molecule has 0 aromatic heterocycles. The van der Waals surface area contributed by atoms with E-state index in [1.54, 1.807) is 0 Å². The van der Waals surface area contributed by atoms with Gasteiger partial charge < -0.3 is 14.3 Å². The van der Waals surface area contributed by atoms with E-state index in [-0.39, 0.29) is 24.2 Å². The lowest BCUT2D eigenvalue weighted by Crippen LogP contribution is -2.42. The number of ether oxygens (including phenoxy) is 2. The SMILES string of the molecule is Clc1cccc(C2=NOC3COC4C=CC=CC4OCC23)c1. The number of allylic oxidation sites excluding steroid dienone is 2. The third-order valence-electron chi connectivity index (χ3n) is 4.16. The fourth-order valence-electron chi connectivity index (χ4n) is 2.98. The second kappa shape index (κ2) is 5.88. The molecule has 0 bridgehead atoms. The molecule has 1 saturated heterocycles. The first-order chi connectivity index (χ1) is 10.8. The molecular formula is C17H16ClNO3. The molecule has 1 aromatic rings. The molecule has 0 spiro atoms. The molecule has 5 heteroatoms. The monoisotopic (exact) mass is 317 g/mol. The summed E-state index contributed by atoms with van der Waals surface area (Å²) in [5, 5.41) is 4.94. The molecule has 1 aromatic carbocycles. The Bertz CT molecular complexity index is 655. The van der Waals surface area contributed by atoms with Crippen LogP contribution in [-0.4, -0.2) is 37.2 Å². The van der Waals surface area contributed by atoms with E-state index in [0.29, 0.717) is 18.2 Å². The lowest BCUT2D eigenvalue weighted by molar-refractivity contribution is -0.109. The summed E-state index contributed by atoms with van der Waals surface area (Å²) in [4.78, 5) is 5.58. The molecule has 0 radical (unpaired) electrons. The van der Waals surface area contributed by atoms with Gasteiger partial charge in [-0.25, -0.2) is 0 Å². The summed E-state index contributed by atoms with van der Waals surface area (Å²) < 4.78 is 11.9. The summed E-state index contributed by atoms with van der Waals surface area (Å²) in [6, 6.07) is 7.65. The molecule has 2 heterocycles. The highest BCUT2D eigenvalue weighted by atomic mass is 35.5. The third kappa shape index (κ3) is 2.58. The van der Waals surface area contributed by atoms with Crippen molar-refractivity contribution < 1.29 is 14.3 Å². The van der Waals surface area contributed by atoms with E-state index in [9.17, 15) is 0 Å². The minimum absolute atomic E-state index is 0.0489. The van der Waals surface area contributed by atoms with Crippen LogP contribution >= 0.6 is 11.6 Å². The Hall–Kier alpha value is -1.62. The smallest absolute Gasteiger partial charge is 0.161 e. The Morgan fingerprint density at radius 1 is 1.05 bits per heavy atom. The normalized spacial score (nSPS) is 33.2. The fourth-order valence-corrected chi connectivity index (χ4v) is 3.17. The largest absolute Gasteiger partial charge is 0.389 e. The van der Waals surface area contributed by atoms with Crippen LogP contribution in [0.3, 0.4) is 0 Å². The van der Waals surface area contributed by atoms with Gasteiger partial charge in [-0.1, -0.05) is 53.2 Å². The van der Waals surface area contributed by atoms with E-state index in [4.69, 9.17) is 25.9 Å². The van der Waals surface area contributed by atoms with Crippen molar-refractivity contribution in [1.29, 1.82) is 0 Å². The van der Waals surface area contributed by atoms with E-state index in [1.165, 1.54) is 0 Å². The van der Waals surface area contributed by atoms with Crippen molar-refractivity contribution in [2.75, 3.05) is 13.2 Å². The molecule has 2 aliphatic heterocycles. The van der Waals surface area contributed by atoms with Crippen molar-refractivity contribution >= 4 is 17.3 Å². The predicted octanol–water partition coefficient (Wildman–Crippen LogP) is 2.97. The van der Waals surface area contributed by atoms with Gasteiger partial charge in [-0.3, -0.25) is 0 Å². The van der Waals surface area contributed by atoms with Crippen molar-refractivity contribution in [3.8, 4) is 0 Å². The Morgan fingerprint density at radius 2 is 1.82 bits per heavy atom. The van der Waals surface area contributed by atoms with Crippen LogP contribution in [0.25, 0.3) is 0 Å². The number of halogens is 1. The number of rotatable bonds is 1. The zero-order valence-electron chi connectivity index (χ0n) is 11.9. The number of fused-ring (bicyclic) bond motifs is 2. The molecule has 1 aliphatic carbocycles. The molecule has 4 nitrogen and oxygen atoms in total. The third-order valence-corrected chi connectivity index (χ3v) is 4.40. The molecule has 114 valence electrons. The van der Waals surface area contributed by atoms with Crippen molar-refractivity contribution in [3.05, 3.63) is 59.2 Å². The highest BCUT2D eigenvalue weighted by Crippen LogP contribution is 2.29. The quantitative estimate of drug-likeness (QED) is 0.799. The topological polar surface area (TPSA) is 40.0 Å². The lowest BCUT2D eigenvalue weighted by atomic mass is 9.92. The summed E-state index contributed by atoms with van der Waals surface area (Å²) in [6.07, 6.45) is 7.79. The maximum Gasteiger partial charge on any atom is 0.161 e. The zero-order chi connectivity index (χ0) is 14.9. The molecule has 1 fully saturated rings.